The number of benzene rings is 2. The maximum Gasteiger partial charge on any atom is 0.387 e. The highest BCUT2D eigenvalue weighted by Gasteiger charge is 2.22. The zero-order chi connectivity index (χ0) is 23.9. The van der Waals surface area contributed by atoms with Gasteiger partial charge in [0.05, 0.1) is 17.5 Å². The van der Waals surface area contributed by atoms with Crippen molar-refractivity contribution in [3.05, 3.63) is 84.7 Å². The van der Waals surface area contributed by atoms with Gasteiger partial charge >= 0.3 is 6.61 Å². The second-order valence-electron chi connectivity index (χ2n) is 7.24. The Balaban J connectivity index is 1.56. The summed E-state index contributed by atoms with van der Waals surface area (Å²) in [5.41, 5.74) is 2.01. The third-order valence-corrected chi connectivity index (χ3v) is 5.91. The smallest absolute Gasteiger partial charge is 0.387 e. The number of nitrogens with one attached hydrogen (secondary N) is 1. The van der Waals surface area contributed by atoms with E-state index in [-0.39, 0.29) is 17.3 Å². The van der Waals surface area contributed by atoms with Gasteiger partial charge in [0.15, 0.2) is 11.0 Å². The lowest BCUT2D eigenvalue weighted by Gasteiger charge is -2.15. The molecule has 0 saturated heterocycles. The fourth-order valence-corrected chi connectivity index (χ4v) is 4.06. The molecule has 2 heterocycles. The fraction of sp³-hybridized carbons (Fsp3) is 0.167. The van der Waals surface area contributed by atoms with Gasteiger partial charge in [-0.2, -0.15) is 8.78 Å². The van der Waals surface area contributed by atoms with Crippen molar-refractivity contribution in [2.75, 3.05) is 5.32 Å². The molecule has 0 aliphatic heterocycles. The van der Waals surface area contributed by atoms with Gasteiger partial charge in [-0.1, -0.05) is 54.2 Å². The SMILES string of the molecule is CC(Sc1nnc(-c2cccnc2)n1Cc1ccccc1)C(=O)Nc1ccccc1OC(F)F. The van der Waals surface area contributed by atoms with Crippen LogP contribution in [0.4, 0.5) is 14.5 Å². The summed E-state index contributed by atoms with van der Waals surface area (Å²) in [6.07, 6.45) is 3.38. The second kappa shape index (κ2) is 10.9. The van der Waals surface area contributed by atoms with Gasteiger partial charge < -0.3 is 10.1 Å². The first-order chi connectivity index (χ1) is 16.5. The average molecular weight is 482 g/mol. The maximum absolute atomic E-state index is 12.9. The van der Waals surface area contributed by atoms with Crippen LogP contribution >= 0.6 is 11.8 Å². The minimum Gasteiger partial charge on any atom is -0.433 e. The van der Waals surface area contributed by atoms with Crippen LogP contribution in [-0.4, -0.2) is 37.5 Å². The quantitative estimate of drug-likeness (QED) is 0.335. The summed E-state index contributed by atoms with van der Waals surface area (Å²) in [4.78, 5) is 17.0. The fourth-order valence-electron chi connectivity index (χ4n) is 3.21. The van der Waals surface area contributed by atoms with Crippen LogP contribution in [0.15, 0.2) is 84.3 Å². The molecule has 0 spiro atoms. The largest absolute Gasteiger partial charge is 0.433 e. The molecular weight excluding hydrogens is 460 g/mol. The van der Waals surface area contributed by atoms with Crippen molar-refractivity contribution in [1.82, 2.24) is 19.7 Å². The number of para-hydroxylation sites is 2. The summed E-state index contributed by atoms with van der Waals surface area (Å²) in [6, 6.07) is 19.6. The summed E-state index contributed by atoms with van der Waals surface area (Å²) in [5.74, 6) is 0.143. The third-order valence-electron chi connectivity index (χ3n) is 4.83. The maximum atomic E-state index is 12.9. The lowest BCUT2D eigenvalue weighted by molar-refractivity contribution is -0.115. The molecule has 2 aromatic heterocycles. The zero-order valence-corrected chi connectivity index (χ0v) is 19.0. The second-order valence-corrected chi connectivity index (χ2v) is 8.55. The van der Waals surface area contributed by atoms with Crippen LogP contribution in [0.1, 0.15) is 12.5 Å². The zero-order valence-electron chi connectivity index (χ0n) is 18.1. The van der Waals surface area contributed by atoms with Crippen molar-refractivity contribution in [2.45, 2.75) is 30.5 Å². The lowest BCUT2D eigenvalue weighted by atomic mass is 10.2. The Morgan fingerprint density at radius 2 is 1.82 bits per heavy atom. The van der Waals surface area contributed by atoms with Crippen molar-refractivity contribution in [2.24, 2.45) is 0 Å². The highest BCUT2D eigenvalue weighted by atomic mass is 32.2. The summed E-state index contributed by atoms with van der Waals surface area (Å²) in [6.45, 7) is -0.783. The van der Waals surface area contributed by atoms with Crippen LogP contribution in [0.5, 0.6) is 5.75 Å². The van der Waals surface area contributed by atoms with E-state index in [2.05, 4.69) is 25.2 Å². The molecule has 1 unspecified atom stereocenters. The minimum absolute atomic E-state index is 0.103. The number of carbonyl (C=O) groups excluding carboxylic acids is 1. The summed E-state index contributed by atoms with van der Waals surface area (Å²) in [7, 11) is 0. The number of rotatable bonds is 9. The normalized spacial score (nSPS) is 11.9. The predicted molar refractivity (Wildman–Crippen MR) is 126 cm³/mol. The number of carbonyl (C=O) groups is 1. The Labute approximate surface area is 199 Å². The van der Waals surface area contributed by atoms with E-state index in [1.165, 1.54) is 23.9 Å². The number of hydrogen-bond acceptors (Lipinski definition) is 6. The molecule has 0 fully saturated rings. The monoisotopic (exact) mass is 481 g/mol. The van der Waals surface area contributed by atoms with Crippen LogP contribution < -0.4 is 10.1 Å². The van der Waals surface area contributed by atoms with Gasteiger partial charge in [0.2, 0.25) is 5.91 Å². The molecule has 4 aromatic rings. The van der Waals surface area contributed by atoms with Crippen LogP contribution in [-0.2, 0) is 11.3 Å². The standard InChI is InChI=1S/C24H21F2N5O2S/c1-16(22(32)28-19-11-5-6-12-20(19)33-23(25)26)34-24-30-29-21(18-10-7-13-27-14-18)31(24)15-17-8-3-2-4-9-17/h2-14,16,23H,15H2,1H3,(H,28,32). The minimum atomic E-state index is -2.99. The van der Waals surface area contributed by atoms with Crippen LogP contribution in [0.2, 0.25) is 0 Å². The van der Waals surface area contributed by atoms with Crippen LogP contribution in [0, 0.1) is 0 Å². The number of aromatic nitrogens is 4. The number of halogens is 2. The van der Waals surface area contributed by atoms with E-state index in [1.54, 1.807) is 31.5 Å². The predicted octanol–water partition coefficient (Wildman–Crippen LogP) is 5.11. The highest BCUT2D eigenvalue weighted by molar-refractivity contribution is 8.00. The molecular formula is C24H21F2N5O2S. The topological polar surface area (TPSA) is 81.9 Å². The highest BCUT2D eigenvalue weighted by Crippen LogP contribution is 2.30. The Morgan fingerprint density at radius 1 is 1.06 bits per heavy atom. The molecule has 0 saturated carbocycles. The average Bonchev–Trinajstić information content (AvgIpc) is 3.23. The van der Waals surface area contributed by atoms with Gasteiger partial charge in [-0.3, -0.25) is 14.3 Å². The van der Waals surface area contributed by atoms with E-state index in [1.807, 2.05) is 47.0 Å². The number of ether oxygens (including phenoxy) is 1. The van der Waals surface area contributed by atoms with Gasteiger partial charge in [0, 0.05) is 18.0 Å². The van der Waals surface area contributed by atoms with Crippen molar-refractivity contribution < 1.29 is 18.3 Å². The number of alkyl halides is 2. The number of hydrogen-bond donors (Lipinski definition) is 1. The third kappa shape index (κ3) is 5.76. The number of thioether (sulfide) groups is 1. The Hall–Kier alpha value is -3.79. The van der Waals surface area contributed by atoms with Crippen LogP contribution in [0.3, 0.4) is 0 Å². The molecule has 1 N–H and O–H groups in total. The van der Waals surface area contributed by atoms with E-state index in [0.717, 1.165) is 11.1 Å². The number of amides is 1. The van der Waals surface area contributed by atoms with E-state index in [0.29, 0.717) is 17.5 Å². The first kappa shape index (κ1) is 23.4. The first-order valence-corrected chi connectivity index (χ1v) is 11.3. The molecule has 0 radical (unpaired) electrons. The summed E-state index contributed by atoms with van der Waals surface area (Å²) in [5, 5.41) is 11.3. The number of anilines is 1. The Morgan fingerprint density at radius 3 is 2.56 bits per heavy atom. The van der Waals surface area contributed by atoms with Gasteiger partial charge in [-0.15, -0.1) is 10.2 Å². The van der Waals surface area contributed by atoms with E-state index in [9.17, 15) is 13.6 Å². The summed E-state index contributed by atoms with van der Waals surface area (Å²) < 4.78 is 31.8. The van der Waals surface area contributed by atoms with Crippen LogP contribution in [0.25, 0.3) is 11.4 Å². The van der Waals surface area contributed by atoms with Gasteiger partial charge in [-0.25, -0.2) is 0 Å². The molecule has 7 nitrogen and oxygen atoms in total. The van der Waals surface area contributed by atoms with E-state index in [4.69, 9.17) is 0 Å². The number of pyridine rings is 1. The Bertz CT molecular complexity index is 1240. The van der Waals surface area contributed by atoms with E-state index >= 15 is 0 Å². The van der Waals surface area contributed by atoms with Crippen molar-refractivity contribution in [3.8, 4) is 17.1 Å². The summed E-state index contributed by atoms with van der Waals surface area (Å²) >= 11 is 1.22. The van der Waals surface area contributed by atoms with Gasteiger partial charge in [0.1, 0.15) is 5.75 Å². The van der Waals surface area contributed by atoms with Gasteiger partial charge in [0.25, 0.3) is 0 Å². The molecule has 10 heteroatoms. The molecule has 1 amide bonds. The molecule has 2 aromatic carbocycles. The molecule has 0 bridgehead atoms. The molecule has 4 rings (SSSR count). The molecule has 0 aliphatic carbocycles. The van der Waals surface area contributed by atoms with Gasteiger partial charge in [-0.05, 0) is 36.8 Å². The first-order valence-electron chi connectivity index (χ1n) is 10.4. The molecule has 0 aliphatic rings. The Kier molecular flexibility index (Phi) is 7.48. The van der Waals surface area contributed by atoms with E-state index < -0.39 is 11.9 Å². The molecule has 1 atom stereocenters. The number of nitrogens with zero attached hydrogens (tertiary/aromatic N) is 4. The van der Waals surface area contributed by atoms with Crippen molar-refractivity contribution in [1.29, 1.82) is 0 Å². The molecule has 174 valence electrons. The lowest BCUT2D eigenvalue weighted by Crippen LogP contribution is -2.23. The van der Waals surface area contributed by atoms with Crippen molar-refractivity contribution >= 4 is 23.4 Å². The molecule has 34 heavy (non-hydrogen) atoms. The van der Waals surface area contributed by atoms with Crippen molar-refractivity contribution in [3.63, 3.8) is 0 Å².